The van der Waals surface area contributed by atoms with E-state index in [-0.39, 0.29) is 18.4 Å². The van der Waals surface area contributed by atoms with Crippen LogP contribution in [0.15, 0.2) is 72.8 Å². The smallest absolute Gasteiger partial charge is 0.251 e. The van der Waals surface area contributed by atoms with Gasteiger partial charge >= 0.3 is 0 Å². The van der Waals surface area contributed by atoms with Crippen LogP contribution in [0.4, 0.5) is 0 Å². The molecule has 0 aliphatic carbocycles. The van der Waals surface area contributed by atoms with Crippen molar-refractivity contribution in [2.45, 2.75) is 38.8 Å². The fraction of sp³-hybridized carbons (Fsp3) is 0.333. The summed E-state index contributed by atoms with van der Waals surface area (Å²) < 4.78 is 6.18. The second-order valence-electron chi connectivity index (χ2n) is 9.27. The molecule has 0 aromatic heterocycles. The Morgan fingerprint density at radius 3 is 2.59 bits per heavy atom. The van der Waals surface area contributed by atoms with E-state index < -0.39 is 0 Å². The summed E-state index contributed by atoms with van der Waals surface area (Å²) in [4.78, 5) is 28.2. The molecular formula is C30H34ClN3O3. The highest BCUT2D eigenvalue weighted by Crippen LogP contribution is 2.26. The molecular weight excluding hydrogens is 486 g/mol. The lowest BCUT2D eigenvalue weighted by Crippen LogP contribution is -2.37. The summed E-state index contributed by atoms with van der Waals surface area (Å²) in [5.74, 6) is 0.511. The molecule has 0 fully saturated rings. The Morgan fingerprint density at radius 1 is 0.946 bits per heavy atom. The minimum atomic E-state index is -0.166. The standard InChI is InChI=1S/C30H34ClN3O3/c31-27-14-6-5-12-24(27)16-18-33-30(36)25-13-9-15-28-26(25)21-34(20-23-10-3-1-4-11-23)22-29(35)32-17-7-2-8-19-37-28/h1,3-6,9-15H,2,7-8,16-22H2,(H,32,35)(H,33,36). The summed E-state index contributed by atoms with van der Waals surface area (Å²) in [6.07, 6.45) is 3.40. The van der Waals surface area contributed by atoms with Gasteiger partial charge in [0.15, 0.2) is 0 Å². The molecule has 0 spiro atoms. The average molecular weight is 520 g/mol. The van der Waals surface area contributed by atoms with Crippen LogP contribution in [0.3, 0.4) is 0 Å². The SMILES string of the molecule is O=C1CN(Cc2ccccc2)Cc2c(cccc2C(=O)NCCc2ccccc2Cl)OCCCCCN1. The molecule has 7 heteroatoms. The van der Waals surface area contributed by atoms with Crippen LogP contribution in [0.5, 0.6) is 5.75 Å². The van der Waals surface area contributed by atoms with E-state index in [1.807, 2.05) is 72.8 Å². The van der Waals surface area contributed by atoms with E-state index >= 15 is 0 Å². The number of carbonyl (C=O) groups is 2. The number of carbonyl (C=O) groups excluding carboxylic acids is 2. The molecule has 3 aromatic rings. The largest absolute Gasteiger partial charge is 0.493 e. The van der Waals surface area contributed by atoms with Gasteiger partial charge in [-0.25, -0.2) is 0 Å². The Kier molecular flexibility index (Phi) is 9.97. The Balaban J connectivity index is 1.57. The summed E-state index contributed by atoms with van der Waals surface area (Å²) in [5.41, 5.74) is 3.45. The Morgan fingerprint density at radius 2 is 1.76 bits per heavy atom. The summed E-state index contributed by atoms with van der Waals surface area (Å²) in [6.45, 7) is 2.91. The highest BCUT2D eigenvalue weighted by atomic mass is 35.5. The van der Waals surface area contributed by atoms with Crippen LogP contribution in [0.2, 0.25) is 5.02 Å². The summed E-state index contributed by atoms with van der Waals surface area (Å²) in [7, 11) is 0. The maximum atomic E-state index is 13.4. The van der Waals surface area contributed by atoms with E-state index in [0.717, 1.165) is 36.0 Å². The quantitative estimate of drug-likeness (QED) is 0.481. The molecule has 37 heavy (non-hydrogen) atoms. The van der Waals surface area contributed by atoms with E-state index in [1.165, 1.54) is 0 Å². The van der Waals surface area contributed by atoms with Crippen molar-refractivity contribution < 1.29 is 14.3 Å². The zero-order valence-electron chi connectivity index (χ0n) is 21.0. The predicted molar refractivity (Wildman–Crippen MR) is 147 cm³/mol. The number of rotatable bonds is 6. The van der Waals surface area contributed by atoms with Crippen LogP contribution in [-0.2, 0) is 24.3 Å². The number of benzene rings is 3. The second kappa shape index (κ2) is 13.8. The molecule has 2 amide bonds. The van der Waals surface area contributed by atoms with Gasteiger partial charge in [-0.3, -0.25) is 14.5 Å². The number of fused-ring (bicyclic) bond motifs is 1. The molecule has 4 rings (SSSR count). The van der Waals surface area contributed by atoms with Gasteiger partial charge in [0, 0.05) is 42.3 Å². The van der Waals surface area contributed by atoms with E-state index in [4.69, 9.17) is 16.3 Å². The number of nitrogens with one attached hydrogen (secondary N) is 2. The normalized spacial score (nSPS) is 15.2. The zero-order valence-corrected chi connectivity index (χ0v) is 21.8. The minimum Gasteiger partial charge on any atom is -0.493 e. The lowest BCUT2D eigenvalue weighted by Gasteiger charge is -2.25. The van der Waals surface area contributed by atoms with Crippen molar-refractivity contribution in [3.05, 3.63) is 100 Å². The third-order valence-corrected chi connectivity index (χ3v) is 6.78. The Labute approximate surface area is 224 Å². The van der Waals surface area contributed by atoms with Gasteiger partial charge < -0.3 is 15.4 Å². The topological polar surface area (TPSA) is 70.7 Å². The lowest BCUT2D eigenvalue weighted by molar-refractivity contribution is -0.122. The zero-order chi connectivity index (χ0) is 25.9. The van der Waals surface area contributed by atoms with Gasteiger partial charge in [0.05, 0.1) is 13.2 Å². The molecule has 3 aromatic carbocycles. The van der Waals surface area contributed by atoms with Gasteiger partial charge in [-0.15, -0.1) is 0 Å². The summed E-state index contributed by atoms with van der Waals surface area (Å²) in [5, 5.41) is 6.77. The third kappa shape index (κ3) is 8.07. The van der Waals surface area contributed by atoms with Crippen molar-refractivity contribution in [1.29, 1.82) is 0 Å². The second-order valence-corrected chi connectivity index (χ2v) is 9.68. The minimum absolute atomic E-state index is 0.0145. The molecule has 0 bridgehead atoms. The first-order valence-electron chi connectivity index (χ1n) is 12.9. The predicted octanol–water partition coefficient (Wildman–Crippen LogP) is 4.99. The van der Waals surface area contributed by atoms with Crippen molar-refractivity contribution >= 4 is 23.4 Å². The maximum absolute atomic E-state index is 13.4. The third-order valence-electron chi connectivity index (χ3n) is 6.41. The van der Waals surface area contributed by atoms with Crippen LogP contribution in [-0.4, -0.2) is 43.0 Å². The summed E-state index contributed by atoms with van der Waals surface area (Å²) in [6, 6.07) is 23.3. The van der Waals surface area contributed by atoms with Gasteiger partial charge in [0.25, 0.3) is 5.91 Å². The fourth-order valence-electron chi connectivity index (χ4n) is 4.49. The van der Waals surface area contributed by atoms with Crippen molar-refractivity contribution in [3.63, 3.8) is 0 Å². The molecule has 0 saturated carbocycles. The molecule has 0 radical (unpaired) electrons. The molecule has 2 N–H and O–H groups in total. The van der Waals surface area contributed by atoms with Gasteiger partial charge in [-0.05, 0) is 55.0 Å². The van der Waals surface area contributed by atoms with Crippen LogP contribution >= 0.6 is 11.6 Å². The van der Waals surface area contributed by atoms with Crippen LogP contribution < -0.4 is 15.4 Å². The van der Waals surface area contributed by atoms with Crippen LogP contribution in [0.25, 0.3) is 0 Å². The first-order chi connectivity index (χ1) is 18.1. The molecule has 0 saturated heterocycles. The van der Waals surface area contributed by atoms with Crippen LogP contribution in [0, 0.1) is 0 Å². The molecule has 1 aliphatic heterocycles. The number of halogens is 1. The Hall–Kier alpha value is -3.35. The monoisotopic (exact) mass is 519 g/mol. The lowest BCUT2D eigenvalue weighted by atomic mass is 10.0. The number of nitrogens with zero attached hydrogens (tertiary/aromatic N) is 1. The maximum Gasteiger partial charge on any atom is 0.251 e. The van der Waals surface area contributed by atoms with Gasteiger partial charge in [-0.1, -0.05) is 66.2 Å². The molecule has 194 valence electrons. The van der Waals surface area contributed by atoms with Gasteiger partial charge in [0.1, 0.15) is 5.75 Å². The first-order valence-corrected chi connectivity index (χ1v) is 13.3. The van der Waals surface area contributed by atoms with Gasteiger partial charge in [-0.2, -0.15) is 0 Å². The number of amides is 2. The molecule has 6 nitrogen and oxygen atoms in total. The highest BCUT2D eigenvalue weighted by molar-refractivity contribution is 6.31. The molecule has 0 atom stereocenters. The van der Waals surface area contributed by atoms with Crippen molar-refractivity contribution in [2.75, 3.05) is 26.2 Å². The molecule has 1 aliphatic rings. The average Bonchev–Trinajstić information content (AvgIpc) is 2.91. The van der Waals surface area contributed by atoms with Crippen LogP contribution in [0.1, 0.15) is 46.3 Å². The number of hydrogen-bond acceptors (Lipinski definition) is 4. The number of ether oxygens (including phenoxy) is 1. The number of hydrogen-bond donors (Lipinski definition) is 2. The van der Waals surface area contributed by atoms with E-state index in [0.29, 0.717) is 55.5 Å². The van der Waals surface area contributed by atoms with E-state index in [1.54, 1.807) is 0 Å². The van der Waals surface area contributed by atoms with E-state index in [9.17, 15) is 9.59 Å². The van der Waals surface area contributed by atoms with E-state index in [2.05, 4.69) is 15.5 Å². The van der Waals surface area contributed by atoms with Crippen molar-refractivity contribution in [1.82, 2.24) is 15.5 Å². The van der Waals surface area contributed by atoms with Crippen molar-refractivity contribution in [3.8, 4) is 5.75 Å². The molecule has 1 heterocycles. The first kappa shape index (κ1) is 26.7. The van der Waals surface area contributed by atoms with Gasteiger partial charge in [0.2, 0.25) is 5.91 Å². The Bertz CT molecular complexity index is 1190. The highest BCUT2D eigenvalue weighted by Gasteiger charge is 2.21. The summed E-state index contributed by atoms with van der Waals surface area (Å²) >= 11 is 6.28. The molecule has 0 unspecified atom stereocenters. The fourth-order valence-corrected chi connectivity index (χ4v) is 4.72. The van der Waals surface area contributed by atoms with Crippen molar-refractivity contribution in [2.24, 2.45) is 0 Å².